The van der Waals surface area contributed by atoms with Gasteiger partial charge in [-0.2, -0.15) is 5.26 Å². The van der Waals surface area contributed by atoms with Crippen molar-refractivity contribution < 1.29 is 4.79 Å². The molecule has 0 bridgehead atoms. The predicted octanol–water partition coefficient (Wildman–Crippen LogP) is 4.13. The molecule has 1 aromatic heterocycles. The molecule has 0 radical (unpaired) electrons. The zero-order chi connectivity index (χ0) is 18.4. The summed E-state index contributed by atoms with van der Waals surface area (Å²) >= 11 is 0. The molecule has 1 heterocycles. The highest BCUT2D eigenvalue weighted by molar-refractivity contribution is 6.04. The number of nitriles is 1. The Morgan fingerprint density at radius 2 is 1.92 bits per heavy atom. The van der Waals surface area contributed by atoms with Crippen molar-refractivity contribution in [3.05, 3.63) is 89.2 Å². The fourth-order valence-electron chi connectivity index (χ4n) is 2.54. The maximum Gasteiger partial charge on any atom is 0.257 e. The van der Waals surface area contributed by atoms with Crippen LogP contribution in [-0.4, -0.2) is 10.9 Å². The summed E-state index contributed by atoms with van der Waals surface area (Å²) in [7, 11) is 0. The Morgan fingerprint density at radius 1 is 1.08 bits per heavy atom. The summed E-state index contributed by atoms with van der Waals surface area (Å²) in [4.78, 5) is 16.6. The minimum Gasteiger partial charge on any atom is -0.380 e. The van der Waals surface area contributed by atoms with Gasteiger partial charge in [-0.1, -0.05) is 30.3 Å². The normalized spacial score (nSPS) is 10.0. The SMILES string of the molecule is Cc1ccccc1CNc1cncc(C(=O)Nc2cccc(C#N)c2)c1. The van der Waals surface area contributed by atoms with Gasteiger partial charge in [0.15, 0.2) is 0 Å². The number of nitrogens with one attached hydrogen (secondary N) is 2. The van der Waals surface area contributed by atoms with Gasteiger partial charge in [0.2, 0.25) is 0 Å². The van der Waals surface area contributed by atoms with Gasteiger partial charge >= 0.3 is 0 Å². The Kier molecular flexibility index (Phi) is 5.25. The van der Waals surface area contributed by atoms with Gasteiger partial charge in [-0.05, 0) is 42.3 Å². The highest BCUT2D eigenvalue weighted by Gasteiger charge is 2.08. The average Bonchev–Trinajstić information content (AvgIpc) is 2.68. The Bertz CT molecular complexity index is 975. The molecule has 3 aromatic rings. The smallest absolute Gasteiger partial charge is 0.257 e. The molecule has 0 fully saturated rings. The number of carbonyl (C=O) groups is 1. The van der Waals surface area contributed by atoms with E-state index in [9.17, 15) is 4.79 Å². The molecular weight excluding hydrogens is 324 g/mol. The summed E-state index contributed by atoms with van der Waals surface area (Å²) in [6.45, 7) is 2.72. The maximum atomic E-state index is 12.4. The lowest BCUT2D eigenvalue weighted by molar-refractivity contribution is 0.102. The van der Waals surface area contributed by atoms with Gasteiger partial charge in [-0.3, -0.25) is 9.78 Å². The van der Waals surface area contributed by atoms with Gasteiger partial charge in [0.1, 0.15) is 0 Å². The van der Waals surface area contributed by atoms with E-state index in [-0.39, 0.29) is 5.91 Å². The number of carbonyl (C=O) groups excluding carboxylic acids is 1. The van der Waals surface area contributed by atoms with E-state index >= 15 is 0 Å². The average molecular weight is 342 g/mol. The Morgan fingerprint density at radius 3 is 2.73 bits per heavy atom. The van der Waals surface area contributed by atoms with Crippen molar-refractivity contribution >= 4 is 17.3 Å². The molecule has 2 N–H and O–H groups in total. The molecule has 1 amide bonds. The first-order valence-electron chi connectivity index (χ1n) is 8.20. The molecule has 0 unspecified atom stereocenters. The minimum atomic E-state index is -0.271. The van der Waals surface area contributed by atoms with Crippen LogP contribution in [0.15, 0.2) is 67.0 Å². The standard InChI is InChI=1S/C21H18N4O/c1-15-5-2-3-7-17(15)13-24-20-10-18(12-23-14-20)21(26)25-19-8-4-6-16(9-19)11-22/h2-10,12,14,24H,13H2,1H3,(H,25,26). The third kappa shape index (κ3) is 4.25. The first kappa shape index (κ1) is 17.2. The van der Waals surface area contributed by atoms with Crippen LogP contribution in [0, 0.1) is 18.3 Å². The number of aryl methyl sites for hydroxylation is 1. The molecule has 5 heteroatoms. The van der Waals surface area contributed by atoms with Gasteiger partial charge in [0.05, 0.1) is 22.9 Å². The fourth-order valence-corrected chi connectivity index (χ4v) is 2.54. The Balaban J connectivity index is 1.69. The molecule has 0 aliphatic rings. The zero-order valence-corrected chi connectivity index (χ0v) is 14.4. The molecule has 3 rings (SSSR count). The van der Waals surface area contributed by atoms with Crippen LogP contribution in [0.5, 0.6) is 0 Å². The zero-order valence-electron chi connectivity index (χ0n) is 14.4. The van der Waals surface area contributed by atoms with E-state index in [1.54, 1.807) is 36.5 Å². The molecule has 0 spiro atoms. The van der Waals surface area contributed by atoms with Crippen LogP contribution < -0.4 is 10.6 Å². The number of benzene rings is 2. The number of rotatable bonds is 5. The third-order valence-electron chi connectivity index (χ3n) is 3.99. The van der Waals surface area contributed by atoms with Crippen molar-refractivity contribution in [3.63, 3.8) is 0 Å². The van der Waals surface area contributed by atoms with Crippen LogP contribution in [0.4, 0.5) is 11.4 Å². The number of pyridine rings is 1. The van der Waals surface area contributed by atoms with Crippen molar-refractivity contribution in [2.45, 2.75) is 13.5 Å². The summed E-state index contributed by atoms with van der Waals surface area (Å²) in [5.74, 6) is -0.271. The van der Waals surface area contributed by atoms with Crippen LogP contribution in [-0.2, 0) is 6.54 Å². The second kappa shape index (κ2) is 7.95. The molecule has 2 aromatic carbocycles. The second-order valence-corrected chi connectivity index (χ2v) is 5.89. The minimum absolute atomic E-state index is 0.271. The van der Waals surface area contributed by atoms with Crippen molar-refractivity contribution in [2.24, 2.45) is 0 Å². The lowest BCUT2D eigenvalue weighted by atomic mass is 10.1. The lowest BCUT2D eigenvalue weighted by Gasteiger charge is -2.10. The molecule has 0 aliphatic carbocycles. The van der Waals surface area contributed by atoms with Crippen molar-refractivity contribution in [1.82, 2.24) is 4.98 Å². The topological polar surface area (TPSA) is 77.8 Å². The number of anilines is 2. The molecule has 128 valence electrons. The Hall–Kier alpha value is -3.65. The molecule has 26 heavy (non-hydrogen) atoms. The van der Waals surface area contributed by atoms with Crippen LogP contribution in [0.3, 0.4) is 0 Å². The van der Waals surface area contributed by atoms with Crippen LogP contribution in [0.1, 0.15) is 27.0 Å². The van der Waals surface area contributed by atoms with E-state index in [0.29, 0.717) is 23.4 Å². The number of hydrogen-bond donors (Lipinski definition) is 2. The first-order chi connectivity index (χ1) is 12.7. The number of amides is 1. The van der Waals surface area contributed by atoms with Gasteiger partial charge in [0.25, 0.3) is 5.91 Å². The van der Waals surface area contributed by atoms with E-state index < -0.39 is 0 Å². The van der Waals surface area contributed by atoms with Crippen LogP contribution in [0.2, 0.25) is 0 Å². The summed E-state index contributed by atoms with van der Waals surface area (Å²) in [5, 5.41) is 15.0. The van der Waals surface area contributed by atoms with Gasteiger partial charge < -0.3 is 10.6 Å². The second-order valence-electron chi connectivity index (χ2n) is 5.89. The van der Waals surface area contributed by atoms with Crippen LogP contribution >= 0.6 is 0 Å². The molecule has 0 atom stereocenters. The van der Waals surface area contributed by atoms with Gasteiger partial charge in [0, 0.05) is 24.6 Å². The van der Waals surface area contributed by atoms with Gasteiger partial charge in [-0.15, -0.1) is 0 Å². The highest BCUT2D eigenvalue weighted by atomic mass is 16.1. The van der Waals surface area contributed by atoms with E-state index in [1.807, 2.05) is 12.1 Å². The largest absolute Gasteiger partial charge is 0.380 e. The summed E-state index contributed by atoms with van der Waals surface area (Å²) < 4.78 is 0. The number of nitrogens with zero attached hydrogens (tertiary/aromatic N) is 2. The van der Waals surface area contributed by atoms with Gasteiger partial charge in [-0.25, -0.2) is 0 Å². The quantitative estimate of drug-likeness (QED) is 0.731. The van der Waals surface area contributed by atoms with E-state index in [4.69, 9.17) is 5.26 Å². The van der Waals surface area contributed by atoms with Crippen molar-refractivity contribution in [3.8, 4) is 6.07 Å². The lowest BCUT2D eigenvalue weighted by Crippen LogP contribution is -2.13. The van der Waals surface area contributed by atoms with Crippen LogP contribution in [0.25, 0.3) is 0 Å². The van der Waals surface area contributed by atoms with Crippen molar-refractivity contribution in [2.75, 3.05) is 10.6 Å². The molecular formula is C21H18N4O. The number of aromatic nitrogens is 1. The van der Waals surface area contributed by atoms with E-state index in [1.165, 1.54) is 17.3 Å². The third-order valence-corrected chi connectivity index (χ3v) is 3.99. The summed E-state index contributed by atoms with van der Waals surface area (Å²) in [5.41, 5.74) is 4.69. The highest BCUT2D eigenvalue weighted by Crippen LogP contribution is 2.15. The summed E-state index contributed by atoms with van der Waals surface area (Å²) in [6.07, 6.45) is 3.20. The number of hydrogen-bond acceptors (Lipinski definition) is 4. The molecule has 0 saturated heterocycles. The predicted molar refractivity (Wildman–Crippen MR) is 102 cm³/mol. The van der Waals surface area contributed by atoms with Crippen molar-refractivity contribution in [1.29, 1.82) is 5.26 Å². The van der Waals surface area contributed by atoms with E-state index in [2.05, 4.69) is 40.7 Å². The molecule has 5 nitrogen and oxygen atoms in total. The van der Waals surface area contributed by atoms with E-state index in [0.717, 1.165) is 5.69 Å². The fraction of sp³-hybridized carbons (Fsp3) is 0.0952. The summed E-state index contributed by atoms with van der Waals surface area (Å²) in [6, 6.07) is 18.7. The molecule has 0 aliphatic heterocycles. The Labute approximate surface area is 152 Å². The monoisotopic (exact) mass is 342 g/mol. The first-order valence-corrected chi connectivity index (χ1v) is 8.20. The maximum absolute atomic E-state index is 12.4. The molecule has 0 saturated carbocycles.